The van der Waals surface area contributed by atoms with Crippen LogP contribution in [0, 0.1) is 0 Å². The molecule has 2 aliphatic carbocycles. The van der Waals surface area contributed by atoms with Crippen molar-refractivity contribution in [2.24, 2.45) is 0 Å². The molecule has 0 saturated carbocycles. The Morgan fingerprint density at radius 3 is 2.19 bits per heavy atom. The van der Waals surface area contributed by atoms with Crippen LogP contribution in [0.25, 0.3) is 0 Å². The smallest absolute Gasteiger partial charge is 0.0495 e. The Morgan fingerprint density at radius 1 is 0.812 bits per heavy atom. The molecule has 86 valence electrons. The first-order chi connectivity index (χ1) is 7.57. The van der Waals surface area contributed by atoms with E-state index in [-0.39, 0.29) is 5.41 Å². The zero-order valence-corrected chi connectivity index (χ0v) is 10.7. The number of rotatable bonds is 0. The van der Waals surface area contributed by atoms with Gasteiger partial charge in [-0.2, -0.15) is 0 Å². The van der Waals surface area contributed by atoms with Gasteiger partial charge in [-0.3, -0.25) is 4.98 Å². The summed E-state index contributed by atoms with van der Waals surface area (Å²) >= 11 is 0. The van der Waals surface area contributed by atoms with Gasteiger partial charge in [-0.05, 0) is 55.2 Å². The first-order valence-corrected chi connectivity index (χ1v) is 6.61. The fourth-order valence-electron chi connectivity index (χ4n) is 3.34. The zero-order chi connectivity index (χ0) is 11.3. The molecule has 0 atom stereocenters. The molecule has 0 amide bonds. The molecular weight excluding hydrogens is 194 g/mol. The molecule has 1 nitrogen and oxygen atoms in total. The predicted octanol–water partition coefficient (Wildman–Crippen LogP) is 3.36. The normalized spacial score (nSPS) is 18.7. The van der Waals surface area contributed by atoms with Crippen molar-refractivity contribution in [2.75, 3.05) is 0 Å². The van der Waals surface area contributed by atoms with Gasteiger partial charge in [0.15, 0.2) is 0 Å². The summed E-state index contributed by atoms with van der Waals surface area (Å²) in [6, 6.07) is 0. The Morgan fingerprint density at radius 2 is 1.44 bits per heavy atom. The molecule has 0 saturated heterocycles. The Balaban J connectivity index is 2.24. The van der Waals surface area contributed by atoms with Crippen molar-refractivity contribution in [1.29, 1.82) is 0 Å². The van der Waals surface area contributed by atoms with E-state index in [1.54, 1.807) is 16.7 Å². The van der Waals surface area contributed by atoms with E-state index in [0.717, 1.165) is 0 Å². The maximum absolute atomic E-state index is 5.00. The van der Waals surface area contributed by atoms with E-state index in [0.29, 0.717) is 0 Å². The molecule has 1 heterocycles. The third-order valence-electron chi connectivity index (χ3n) is 4.01. The number of aromatic nitrogens is 1. The van der Waals surface area contributed by atoms with Gasteiger partial charge in [0.25, 0.3) is 0 Å². The van der Waals surface area contributed by atoms with E-state index in [4.69, 9.17) is 4.98 Å². The molecule has 3 rings (SSSR count). The van der Waals surface area contributed by atoms with Crippen molar-refractivity contribution in [2.45, 2.75) is 64.7 Å². The van der Waals surface area contributed by atoms with Crippen LogP contribution in [0.5, 0.6) is 0 Å². The maximum Gasteiger partial charge on any atom is 0.0495 e. The highest BCUT2D eigenvalue weighted by molar-refractivity contribution is 5.47. The first-order valence-electron chi connectivity index (χ1n) is 6.61. The van der Waals surface area contributed by atoms with Crippen LogP contribution in [-0.2, 0) is 31.1 Å². The first kappa shape index (κ1) is 10.3. The van der Waals surface area contributed by atoms with E-state index >= 15 is 0 Å². The van der Waals surface area contributed by atoms with Crippen LogP contribution in [0.2, 0.25) is 0 Å². The molecule has 0 spiro atoms. The Labute approximate surface area is 98.3 Å². The molecule has 0 N–H and O–H groups in total. The number of aryl methyl sites for hydroxylation is 1. The van der Waals surface area contributed by atoms with E-state index in [1.807, 2.05) is 0 Å². The lowest BCUT2D eigenvalue weighted by Crippen LogP contribution is -2.18. The van der Waals surface area contributed by atoms with Gasteiger partial charge in [0, 0.05) is 16.8 Å². The summed E-state index contributed by atoms with van der Waals surface area (Å²) in [5, 5.41) is 0. The van der Waals surface area contributed by atoms with Crippen LogP contribution < -0.4 is 0 Å². The summed E-state index contributed by atoms with van der Waals surface area (Å²) in [6.07, 6.45) is 7.74. The summed E-state index contributed by atoms with van der Waals surface area (Å²) in [5.74, 6) is 0. The third-order valence-corrected chi connectivity index (χ3v) is 4.01. The van der Waals surface area contributed by atoms with Gasteiger partial charge in [0.2, 0.25) is 0 Å². The quantitative estimate of drug-likeness (QED) is 0.646. The van der Waals surface area contributed by atoms with Crippen LogP contribution >= 0.6 is 0 Å². The fraction of sp³-hybridized carbons (Fsp3) is 0.667. The minimum atomic E-state index is 0.214. The highest BCUT2D eigenvalue weighted by atomic mass is 14.8. The van der Waals surface area contributed by atoms with Crippen LogP contribution in [0.15, 0.2) is 0 Å². The van der Waals surface area contributed by atoms with Gasteiger partial charge in [-0.25, -0.2) is 0 Å². The van der Waals surface area contributed by atoms with Gasteiger partial charge in [0.1, 0.15) is 0 Å². The second-order valence-electron chi connectivity index (χ2n) is 6.30. The Hall–Kier alpha value is -0.850. The molecule has 0 unspecified atom stereocenters. The van der Waals surface area contributed by atoms with Gasteiger partial charge in [-0.15, -0.1) is 0 Å². The average Bonchev–Trinajstić information content (AvgIpc) is 2.82. The standard InChI is InChI=1S/C15H21N/c1-15(2,3)14-12-8-4-6-10(12)11-7-5-9-13(11)16-14/h4-9H2,1-3H3. The summed E-state index contributed by atoms with van der Waals surface area (Å²) in [4.78, 5) is 5.00. The number of hydrogen-bond donors (Lipinski definition) is 0. The van der Waals surface area contributed by atoms with Crippen molar-refractivity contribution in [3.05, 3.63) is 28.1 Å². The molecule has 1 heteroatoms. The molecule has 0 aliphatic heterocycles. The highest BCUT2D eigenvalue weighted by Crippen LogP contribution is 2.37. The largest absolute Gasteiger partial charge is 0.257 e. The predicted molar refractivity (Wildman–Crippen MR) is 67.0 cm³/mol. The number of fused-ring (bicyclic) bond motifs is 3. The lowest BCUT2D eigenvalue weighted by molar-refractivity contribution is 0.558. The van der Waals surface area contributed by atoms with Crippen LogP contribution in [0.3, 0.4) is 0 Å². The maximum atomic E-state index is 5.00. The van der Waals surface area contributed by atoms with Crippen molar-refractivity contribution in [3.8, 4) is 0 Å². The summed E-state index contributed by atoms with van der Waals surface area (Å²) in [5.41, 5.74) is 7.94. The summed E-state index contributed by atoms with van der Waals surface area (Å²) in [7, 11) is 0. The monoisotopic (exact) mass is 215 g/mol. The molecule has 16 heavy (non-hydrogen) atoms. The Bertz CT molecular complexity index is 438. The third kappa shape index (κ3) is 1.41. The lowest BCUT2D eigenvalue weighted by Gasteiger charge is -2.23. The molecule has 0 bridgehead atoms. The number of nitrogens with zero attached hydrogens (tertiary/aromatic N) is 1. The molecule has 1 aromatic rings. The summed E-state index contributed by atoms with van der Waals surface area (Å²) in [6.45, 7) is 6.90. The number of hydrogen-bond acceptors (Lipinski definition) is 1. The lowest BCUT2D eigenvalue weighted by atomic mass is 9.86. The van der Waals surface area contributed by atoms with Crippen LogP contribution in [0.4, 0.5) is 0 Å². The number of pyridine rings is 1. The van der Waals surface area contributed by atoms with E-state index < -0.39 is 0 Å². The van der Waals surface area contributed by atoms with Crippen molar-refractivity contribution in [3.63, 3.8) is 0 Å². The topological polar surface area (TPSA) is 12.9 Å². The van der Waals surface area contributed by atoms with Crippen molar-refractivity contribution >= 4 is 0 Å². The molecule has 1 aromatic heterocycles. The summed E-state index contributed by atoms with van der Waals surface area (Å²) < 4.78 is 0. The SMILES string of the molecule is CC(C)(C)c1nc2c(c3c1CCC3)CCC2. The van der Waals surface area contributed by atoms with E-state index in [9.17, 15) is 0 Å². The second kappa shape index (κ2) is 3.32. The molecule has 0 fully saturated rings. The molecular formula is C15H21N. The van der Waals surface area contributed by atoms with Gasteiger partial charge in [0.05, 0.1) is 0 Å². The van der Waals surface area contributed by atoms with Crippen molar-refractivity contribution < 1.29 is 0 Å². The van der Waals surface area contributed by atoms with Gasteiger partial charge in [-0.1, -0.05) is 20.8 Å². The molecule has 0 aromatic carbocycles. The van der Waals surface area contributed by atoms with E-state index in [2.05, 4.69) is 20.8 Å². The van der Waals surface area contributed by atoms with Crippen LogP contribution in [0.1, 0.15) is 61.7 Å². The second-order valence-corrected chi connectivity index (χ2v) is 6.30. The molecule has 0 radical (unpaired) electrons. The van der Waals surface area contributed by atoms with Gasteiger partial charge < -0.3 is 0 Å². The van der Waals surface area contributed by atoms with Crippen molar-refractivity contribution in [1.82, 2.24) is 4.98 Å². The fourth-order valence-corrected chi connectivity index (χ4v) is 3.34. The zero-order valence-electron chi connectivity index (χ0n) is 10.7. The molecule has 2 aliphatic rings. The minimum Gasteiger partial charge on any atom is -0.257 e. The average molecular weight is 215 g/mol. The minimum absolute atomic E-state index is 0.214. The van der Waals surface area contributed by atoms with Crippen LogP contribution in [-0.4, -0.2) is 4.98 Å². The highest BCUT2D eigenvalue weighted by Gasteiger charge is 2.29. The van der Waals surface area contributed by atoms with Gasteiger partial charge >= 0.3 is 0 Å². The van der Waals surface area contributed by atoms with E-state index in [1.165, 1.54) is 49.9 Å². The Kier molecular flexibility index (Phi) is 2.14.